The highest BCUT2D eigenvalue weighted by atomic mass is 79.9. The topological polar surface area (TPSA) is 17.1 Å². The molecule has 0 aromatic heterocycles. The van der Waals surface area contributed by atoms with E-state index in [-0.39, 0.29) is 10.9 Å². The lowest BCUT2D eigenvalue weighted by molar-refractivity contribution is 0.0984. The normalized spacial score (nSPS) is 10.5. The van der Waals surface area contributed by atoms with Crippen LogP contribution in [0.5, 0.6) is 0 Å². The molecule has 0 N–H and O–H groups in total. The van der Waals surface area contributed by atoms with Crippen molar-refractivity contribution >= 4 is 33.3 Å². The second-order valence-electron chi connectivity index (χ2n) is 3.95. The summed E-state index contributed by atoms with van der Waals surface area (Å²) >= 11 is 8.73. The fraction of sp³-hybridized carbons (Fsp3) is 0.0714. The van der Waals surface area contributed by atoms with E-state index in [0.29, 0.717) is 10.6 Å². The van der Waals surface area contributed by atoms with Gasteiger partial charge >= 0.3 is 0 Å². The Kier molecular flexibility index (Phi) is 4.32. The van der Waals surface area contributed by atoms with E-state index in [0.717, 1.165) is 6.07 Å². The van der Waals surface area contributed by atoms with Crippen molar-refractivity contribution in [2.24, 2.45) is 0 Å². The van der Waals surface area contributed by atoms with E-state index >= 15 is 0 Å². The van der Waals surface area contributed by atoms with Crippen LogP contribution in [0.2, 0.25) is 5.02 Å². The average Bonchev–Trinajstić information content (AvgIpc) is 2.34. The molecule has 0 saturated heterocycles. The Morgan fingerprint density at radius 3 is 2.63 bits per heavy atom. The molecule has 19 heavy (non-hydrogen) atoms. The molecule has 0 radical (unpaired) electrons. The quantitative estimate of drug-likeness (QED) is 0.576. The summed E-state index contributed by atoms with van der Waals surface area (Å²) in [4.78, 5) is 12.0. The van der Waals surface area contributed by atoms with E-state index in [1.54, 1.807) is 24.3 Å². The molecule has 5 heteroatoms. The van der Waals surface area contributed by atoms with Gasteiger partial charge in [-0.15, -0.1) is 0 Å². The van der Waals surface area contributed by atoms with Crippen LogP contribution in [0.3, 0.4) is 0 Å². The largest absolute Gasteiger partial charge is 0.294 e. The first-order valence-electron chi connectivity index (χ1n) is 5.40. The third-order valence-electron chi connectivity index (χ3n) is 2.58. The maximum atomic E-state index is 13.8. The van der Waals surface area contributed by atoms with Crippen molar-refractivity contribution in [2.45, 2.75) is 6.42 Å². The van der Waals surface area contributed by atoms with Crippen LogP contribution < -0.4 is 0 Å². The molecule has 0 aliphatic rings. The van der Waals surface area contributed by atoms with Crippen molar-refractivity contribution in [3.05, 3.63) is 68.7 Å². The van der Waals surface area contributed by atoms with Crippen LogP contribution in [-0.2, 0) is 6.42 Å². The van der Waals surface area contributed by atoms with Crippen LogP contribution >= 0.6 is 27.5 Å². The predicted molar refractivity (Wildman–Crippen MR) is 73.5 cm³/mol. The second kappa shape index (κ2) is 5.80. The van der Waals surface area contributed by atoms with Crippen LogP contribution in [0.1, 0.15) is 15.9 Å². The first-order chi connectivity index (χ1) is 8.99. The minimum absolute atomic E-state index is 0.0587. The fourth-order valence-electron chi connectivity index (χ4n) is 1.70. The van der Waals surface area contributed by atoms with Crippen molar-refractivity contribution in [3.8, 4) is 0 Å². The molecule has 0 saturated carbocycles. The van der Waals surface area contributed by atoms with Gasteiger partial charge in [0, 0.05) is 11.4 Å². The Balaban J connectivity index is 2.33. The minimum atomic E-state index is -0.882. The van der Waals surface area contributed by atoms with Gasteiger partial charge in [0.15, 0.2) is 11.6 Å². The lowest BCUT2D eigenvalue weighted by atomic mass is 10.0. The van der Waals surface area contributed by atoms with Gasteiger partial charge in [-0.05, 0) is 45.8 Å². The molecule has 0 fully saturated rings. The molecule has 2 rings (SSSR count). The van der Waals surface area contributed by atoms with Crippen LogP contribution in [0.15, 0.2) is 40.9 Å². The molecular weight excluding hydrogens is 338 g/mol. The zero-order valence-electron chi connectivity index (χ0n) is 9.59. The van der Waals surface area contributed by atoms with Gasteiger partial charge in [0.25, 0.3) is 0 Å². The molecule has 0 amide bonds. The monoisotopic (exact) mass is 344 g/mol. The SMILES string of the molecule is O=C(Cc1cccc(Cl)c1)c1c(F)ccc(Br)c1F. The van der Waals surface area contributed by atoms with Gasteiger partial charge in [0.05, 0.1) is 10.0 Å². The van der Waals surface area contributed by atoms with Gasteiger partial charge < -0.3 is 0 Å². The number of hydrogen-bond acceptors (Lipinski definition) is 1. The van der Waals surface area contributed by atoms with Crippen molar-refractivity contribution in [2.75, 3.05) is 0 Å². The summed E-state index contributed by atoms with van der Waals surface area (Å²) in [5, 5.41) is 0.473. The van der Waals surface area contributed by atoms with Crippen LogP contribution in [0.4, 0.5) is 8.78 Å². The molecule has 98 valence electrons. The first-order valence-corrected chi connectivity index (χ1v) is 6.57. The summed E-state index contributed by atoms with van der Waals surface area (Å²) in [5.74, 6) is -2.38. The second-order valence-corrected chi connectivity index (χ2v) is 5.24. The summed E-state index contributed by atoms with van der Waals surface area (Å²) in [5.41, 5.74) is 0.0747. The van der Waals surface area contributed by atoms with Gasteiger partial charge in [-0.1, -0.05) is 23.7 Å². The maximum Gasteiger partial charge on any atom is 0.173 e. The van der Waals surface area contributed by atoms with Crippen molar-refractivity contribution in [3.63, 3.8) is 0 Å². The number of Topliss-reactive ketones (excluding diaryl/α,β-unsaturated/α-hetero) is 1. The van der Waals surface area contributed by atoms with Gasteiger partial charge in [-0.25, -0.2) is 8.78 Å². The molecule has 1 nitrogen and oxygen atoms in total. The Morgan fingerprint density at radius 2 is 1.95 bits per heavy atom. The molecule has 0 spiro atoms. The summed E-state index contributed by atoms with van der Waals surface area (Å²) in [6, 6.07) is 8.89. The van der Waals surface area contributed by atoms with Crippen molar-refractivity contribution in [1.82, 2.24) is 0 Å². The Bertz CT molecular complexity index is 643. The molecule has 0 atom stereocenters. The average molecular weight is 346 g/mol. The number of carbonyl (C=O) groups is 1. The molecule has 0 aliphatic carbocycles. The molecule has 2 aromatic carbocycles. The number of hydrogen-bond donors (Lipinski definition) is 0. The van der Waals surface area contributed by atoms with E-state index in [2.05, 4.69) is 15.9 Å². The number of halogens is 4. The first kappa shape index (κ1) is 14.2. The highest BCUT2D eigenvalue weighted by molar-refractivity contribution is 9.10. The van der Waals surface area contributed by atoms with E-state index in [1.165, 1.54) is 6.07 Å². The smallest absolute Gasteiger partial charge is 0.173 e. The number of ketones is 1. The Labute approximate surface area is 122 Å². The van der Waals surface area contributed by atoms with Crippen LogP contribution in [-0.4, -0.2) is 5.78 Å². The van der Waals surface area contributed by atoms with E-state index in [4.69, 9.17) is 11.6 Å². The van der Waals surface area contributed by atoms with Gasteiger partial charge in [0.1, 0.15) is 5.82 Å². The lowest BCUT2D eigenvalue weighted by Gasteiger charge is -2.06. The maximum absolute atomic E-state index is 13.8. The highest BCUT2D eigenvalue weighted by Gasteiger charge is 2.19. The number of rotatable bonds is 3. The van der Waals surface area contributed by atoms with Gasteiger partial charge in [-0.2, -0.15) is 0 Å². The van der Waals surface area contributed by atoms with Crippen LogP contribution in [0, 0.1) is 11.6 Å². The summed E-state index contributed by atoms with van der Waals surface area (Å²) < 4.78 is 27.4. The van der Waals surface area contributed by atoms with E-state index in [9.17, 15) is 13.6 Å². The number of carbonyl (C=O) groups excluding carboxylic acids is 1. The van der Waals surface area contributed by atoms with Crippen molar-refractivity contribution in [1.29, 1.82) is 0 Å². The Morgan fingerprint density at radius 1 is 1.21 bits per heavy atom. The van der Waals surface area contributed by atoms with Gasteiger partial charge in [0.2, 0.25) is 0 Å². The lowest BCUT2D eigenvalue weighted by Crippen LogP contribution is -2.09. The summed E-state index contributed by atoms with van der Waals surface area (Å²) in [7, 11) is 0. The third kappa shape index (κ3) is 3.19. The zero-order chi connectivity index (χ0) is 14.0. The Hall–Kier alpha value is -1.26. The molecule has 0 aliphatic heterocycles. The number of benzene rings is 2. The van der Waals surface area contributed by atoms with Gasteiger partial charge in [-0.3, -0.25) is 4.79 Å². The third-order valence-corrected chi connectivity index (χ3v) is 3.42. The minimum Gasteiger partial charge on any atom is -0.294 e. The molecule has 2 aromatic rings. The molecule has 0 heterocycles. The summed E-state index contributed by atoms with van der Waals surface area (Å²) in [6.45, 7) is 0. The van der Waals surface area contributed by atoms with E-state index in [1.807, 2.05) is 0 Å². The molecular formula is C14H8BrClF2O. The highest BCUT2D eigenvalue weighted by Crippen LogP contribution is 2.23. The zero-order valence-corrected chi connectivity index (χ0v) is 11.9. The standard InChI is InChI=1S/C14H8BrClF2O/c15-10-4-5-11(17)13(14(10)18)12(19)7-8-2-1-3-9(16)6-8/h1-6H,7H2. The fourth-order valence-corrected chi connectivity index (χ4v) is 2.25. The summed E-state index contributed by atoms with van der Waals surface area (Å²) in [6.07, 6.45) is -0.106. The van der Waals surface area contributed by atoms with Crippen molar-refractivity contribution < 1.29 is 13.6 Å². The molecule has 0 unspecified atom stereocenters. The van der Waals surface area contributed by atoms with Crippen LogP contribution in [0.25, 0.3) is 0 Å². The molecule has 0 bridgehead atoms. The predicted octanol–water partition coefficient (Wildman–Crippen LogP) is 4.81. The van der Waals surface area contributed by atoms with E-state index < -0.39 is 23.0 Å².